The molecule has 2 aliphatic heterocycles. The largest absolute Gasteiger partial charge is 0.420 e. The van der Waals surface area contributed by atoms with Crippen LogP contribution in [0.5, 0.6) is 0 Å². The lowest BCUT2D eigenvalue weighted by Crippen LogP contribution is -2.51. The first-order chi connectivity index (χ1) is 13.1. The second-order valence-corrected chi connectivity index (χ2v) is 7.71. The molecule has 3 heterocycles. The molecule has 1 aromatic carbocycles. The van der Waals surface area contributed by atoms with Crippen molar-refractivity contribution in [2.75, 3.05) is 26.3 Å². The number of aliphatic hydroxyl groups is 1. The molecule has 0 radical (unpaired) electrons. The van der Waals surface area contributed by atoms with Gasteiger partial charge in [0, 0.05) is 26.3 Å². The maximum absolute atomic E-state index is 12.8. The van der Waals surface area contributed by atoms with Crippen LogP contribution in [0.1, 0.15) is 32.1 Å². The molecule has 2 saturated heterocycles. The van der Waals surface area contributed by atoms with E-state index in [1.807, 2.05) is 11.0 Å². The number of amides is 1. The van der Waals surface area contributed by atoms with E-state index in [0.29, 0.717) is 30.1 Å². The van der Waals surface area contributed by atoms with Crippen molar-refractivity contribution in [2.24, 2.45) is 5.92 Å². The topological polar surface area (TPSA) is 84.9 Å². The van der Waals surface area contributed by atoms with Gasteiger partial charge in [0.25, 0.3) is 0 Å². The summed E-state index contributed by atoms with van der Waals surface area (Å²) >= 11 is 0. The molecule has 1 atom stereocenters. The molecule has 1 N–H and O–H groups in total. The second-order valence-electron chi connectivity index (χ2n) is 7.71. The van der Waals surface area contributed by atoms with Crippen LogP contribution in [0, 0.1) is 5.92 Å². The predicted molar refractivity (Wildman–Crippen MR) is 99.4 cm³/mol. The molecule has 0 bridgehead atoms. The van der Waals surface area contributed by atoms with Crippen LogP contribution in [0.25, 0.3) is 11.1 Å². The Labute approximate surface area is 157 Å². The number of aliphatic hydroxyl groups excluding tert-OH is 1. The van der Waals surface area contributed by atoms with E-state index in [-0.39, 0.29) is 24.7 Å². The van der Waals surface area contributed by atoms with Crippen LogP contribution < -0.4 is 5.76 Å². The molecule has 2 aromatic rings. The highest BCUT2D eigenvalue weighted by atomic mass is 16.5. The molecule has 1 spiro atoms. The van der Waals surface area contributed by atoms with Crippen LogP contribution in [-0.2, 0) is 16.1 Å². The van der Waals surface area contributed by atoms with Crippen LogP contribution in [0.2, 0.25) is 0 Å². The smallest absolute Gasteiger partial charge is 0.408 e. The summed E-state index contributed by atoms with van der Waals surface area (Å²) in [6, 6.07) is 7.14. The molecule has 7 heteroatoms. The zero-order valence-corrected chi connectivity index (χ0v) is 15.4. The van der Waals surface area contributed by atoms with Gasteiger partial charge >= 0.3 is 5.76 Å². The van der Waals surface area contributed by atoms with Crippen molar-refractivity contribution in [1.29, 1.82) is 0 Å². The Balaban J connectivity index is 1.40. The van der Waals surface area contributed by atoms with Gasteiger partial charge in [0.15, 0.2) is 5.58 Å². The van der Waals surface area contributed by atoms with Gasteiger partial charge < -0.3 is 19.2 Å². The first kappa shape index (κ1) is 18.3. The van der Waals surface area contributed by atoms with E-state index in [1.165, 1.54) is 4.57 Å². The van der Waals surface area contributed by atoms with E-state index in [0.717, 1.165) is 38.7 Å². The molecule has 7 nitrogen and oxygen atoms in total. The van der Waals surface area contributed by atoms with E-state index >= 15 is 0 Å². The van der Waals surface area contributed by atoms with Gasteiger partial charge in [-0.15, -0.1) is 0 Å². The zero-order valence-electron chi connectivity index (χ0n) is 15.4. The molecule has 1 unspecified atom stereocenters. The molecular weight excluding hydrogens is 348 g/mol. The number of carbonyl (C=O) groups is 1. The Bertz CT molecular complexity index is 861. The monoisotopic (exact) mass is 374 g/mol. The van der Waals surface area contributed by atoms with Crippen LogP contribution in [-0.4, -0.2) is 52.4 Å². The molecule has 2 fully saturated rings. The first-order valence-corrected chi connectivity index (χ1v) is 9.71. The molecule has 4 rings (SSSR count). The van der Waals surface area contributed by atoms with Crippen molar-refractivity contribution >= 4 is 17.0 Å². The number of aromatic nitrogens is 1. The first-order valence-electron chi connectivity index (χ1n) is 9.71. The number of likely N-dealkylation sites (tertiary alicyclic amines) is 1. The lowest BCUT2D eigenvalue weighted by molar-refractivity contribution is -0.148. The van der Waals surface area contributed by atoms with Crippen LogP contribution >= 0.6 is 0 Å². The minimum absolute atomic E-state index is 0.00313. The summed E-state index contributed by atoms with van der Waals surface area (Å²) in [4.78, 5) is 26.6. The SMILES string of the molecule is O=C(Cn1c(=O)oc2ccccc21)N1CCC2(CC1)CC(CCO)CCO2. The van der Waals surface area contributed by atoms with Crippen molar-refractivity contribution in [1.82, 2.24) is 9.47 Å². The number of carbonyl (C=O) groups excluding carboxylic acids is 1. The van der Waals surface area contributed by atoms with E-state index in [1.54, 1.807) is 18.2 Å². The van der Waals surface area contributed by atoms with Gasteiger partial charge in [-0.1, -0.05) is 12.1 Å². The number of para-hydroxylation sites is 2. The van der Waals surface area contributed by atoms with Crippen molar-refractivity contribution in [3.05, 3.63) is 34.8 Å². The summed E-state index contributed by atoms with van der Waals surface area (Å²) in [6.07, 6.45) is 4.40. The van der Waals surface area contributed by atoms with Crippen LogP contribution in [0.15, 0.2) is 33.5 Å². The lowest BCUT2D eigenvalue weighted by atomic mass is 9.78. The normalized spacial score (nSPS) is 22.4. The highest BCUT2D eigenvalue weighted by Gasteiger charge is 2.40. The fourth-order valence-corrected chi connectivity index (χ4v) is 4.47. The Kier molecular flexibility index (Phi) is 5.06. The van der Waals surface area contributed by atoms with Crippen molar-refractivity contribution in [3.8, 4) is 0 Å². The number of piperidine rings is 1. The zero-order chi connectivity index (χ0) is 18.9. The van der Waals surface area contributed by atoms with Gasteiger partial charge in [-0.2, -0.15) is 0 Å². The minimum Gasteiger partial charge on any atom is -0.408 e. The van der Waals surface area contributed by atoms with Gasteiger partial charge in [-0.3, -0.25) is 9.36 Å². The van der Waals surface area contributed by atoms with E-state index in [9.17, 15) is 14.7 Å². The van der Waals surface area contributed by atoms with Gasteiger partial charge in [0.2, 0.25) is 5.91 Å². The maximum Gasteiger partial charge on any atom is 0.420 e. The number of rotatable bonds is 4. The quantitative estimate of drug-likeness (QED) is 0.882. The molecule has 27 heavy (non-hydrogen) atoms. The van der Waals surface area contributed by atoms with Crippen molar-refractivity contribution in [2.45, 2.75) is 44.2 Å². The highest BCUT2D eigenvalue weighted by molar-refractivity contribution is 5.79. The number of oxazole rings is 1. The molecule has 0 aliphatic carbocycles. The van der Waals surface area contributed by atoms with E-state index in [4.69, 9.17) is 9.15 Å². The number of hydrogen-bond acceptors (Lipinski definition) is 5. The van der Waals surface area contributed by atoms with E-state index in [2.05, 4.69) is 0 Å². The number of hydrogen-bond donors (Lipinski definition) is 1. The molecule has 0 saturated carbocycles. The summed E-state index contributed by atoms with van der Waals surface area (Å²) in [5.41, 5.74) is 0.985. The fourth-order valence-electron chi connectivity index (χ4n) is 4.47. The number of fused-ring (bicyclic) bond motifs is 1. The summed E-state index contributed by atoms with van der Waals surface area (Å²) < 4.78 is 12.7. The molecule has 1 aromatic heterocycles. The second kappa shape index (κ2) is 7.48. The summed E-state index contributed by atoms with van der Waals surface area (Å²) in [5.74, 6) is -0.0661. The third-order valence-electron chi connectivity index (χ3n) is 6.03. The van der Waals surface area contributed by atoms with Crippen molar-refractivity contribution in [3.63, 3.8) is 0 Å². The Morgan fingerprint density at radius 3 is 2.81 bits per heavy atom. The Morgan fingerprint density at radius 1 is 1.26 bits per heavy atom. The van der Waals surface area contributed by atoms with Crippen molar-refractivity contribution < 1.29 is 19.1 Å². The molecular formula is C20H26N2O5. The van der Waals surface area contributed by atoms with Gasteiger partial charge in [0.1, 0.15) is 6.54 Å². The average Bonchev–Trinajstić information content (AvgIpc) is 2.98. The highest BCUT2D eigenvalue weighted by Crippen LogP contribution is 2.38. The lowest BCUT2D eigenvalue weighted by Gasteiger charge is -2.46. The number of nitrogens with zero attached hydrogens (tertiary/aromatic N) is 2. The molecule has 1 amide bonds. The van der Waals surface area contributed by atoms with Crippen LogP contribution in [0.4, 0.5) is 0 Å². The maximum atomic E-state index is 12.8. The number of benzene rings is 1. The van der Waals surface area contributed by atoms with Crippen LogP contribution in [0.3, 0.4) is 0 Å². The van der Waals surface area contributed by atoms with Gasteiger partial charge in [0.05, 0.1) is 11.1 Å². The number of ether oxygens (including phenoxy) is 1. The molecule has 146 valence electrons. The Morgan fingerprint density at radius 2 is 2.04 bits per heavy atom. The fraction of sp³-hybridized carbons (Fsp3) is 0.600. The third-order valence-corrected chi connectivity index (χ3v) is 6.03. The minimum atomic E-state index is -0.500. The average molecular weight is 374 g/mol. The third kappa shape index (κ3) is 3.66. The van der Waals surface area contributed by atoms with E-state index < -0.39 is 5.76 Å². The summed E-state index contributed by atoms with van der Waals surface area (Å²) in [5, 5.41) is 9.21. The Hall–Kier alpha value is -2.12. The van der Waals surface area contributed by atoms with Gasteiger partial charge in [-0.25, -0.2) is 4.79 Å². The summed E-state index contributed by atoms with van der Waals surface area (Å²) in [7, 11) is 0. The molecule has 2 aliphatic rings. The standard InChI is InChI=1S/C20H26N2O5/c23-11-5-15-6-12-26-20(13-15)7-9-21(10-8-20)18(24)14-22-16-3-1-2-4-17(16)27-19(22)25/h1-4,15,23H,5-14H2. The van der Waals surface area contributed by atoms with Gasteiger partial charge in [-0.05, 0) is 50.2 Å². The predicted octanol–water partition coefficient (Wildman–Crippen LogP) is 1.76. The summed E-state index contributed by atoms with van der Waals surface area (Å²) in [6.45, 7) is 2.22.